The van der Waals surface area contributed by atoms with Crippen molar-refractivity contribution in [2.24, 2.45) is 5.10 Å². The molecule has 0 radical (unpaired) electrons. The zero-order valence-electron chi connectivity index (χ0n) is 12.7. The maximum atomic E-state index is 12.4. The van der Waals surface area contributed by atoms with Crippen LogP contribution in [0.15, 0.2) is 47.7 Å². The Bertz CT molecular complexity index is 914. The first kappa shape index (κ1) is 15.2. The number of halogens is 1. The number of carbonyl (C=O) groups excluding carboxylic acids is 1. The van der Waals surface area contributed by atoms with Gasteiger partial charge in [-0.2, -0.15) is 5.10 Å². The van der Waals surface area contributed by atoms with Crippen molar-refractivity contribution in [3.63, 3.8) is 0 Å². The lowest BCUT2D eigenvalue weighted by Gasteiger charge is -2.02. The lowest BCUT2D eigenvalue weighted by Crippen LogP contribution is -2.20. The molecule has 3 aromatic rings. The van der Waals surface area contributed by atoms with Crippen molar-refractivity contribution in [2.75, 3.05) is 0 Å². The van der Waals surface area contributed by atoms with Crippen molar-refractivity contribution in [1.82, 2.24) is 14.8 Å². The van der Waals surface area contributed by atoms with E-state index in [1.54, 1.807) is 17.4 Å². The van der Waals surface area contributed by atoms with Crippen LogP contribution in [0.3, 0.4) is 0 Å². The predicted molar refractivity (Wildman–Crippen MR) is 91.2 cm³/mol. The third-order valence-electron chi connectivity index (χ3n) is 3.45. The molecule has 1 amide bonds. The SMILES string of the molecule is Cc1ccn2c(C(=O)N/N=C/c3ccccc3Cl)c(C)nc2c1. The highest BCUT2D eigenvalue weighted by atomic mass is 35.5. The van der Waals surface area contributed by atoms with Crippen LogP contribution in [0.25, 0.3) is 5.65 Å². The number of rotatable bonds is 3. The first-order chi connectivity index (χ1) is 11.1. The van der Waals surface area contributed by atoms with Gasteiger partial charge in [-0.3, -0.25) is 9.20 Å². The van der Waals surface area contributed by atoms with Gasteiger partial charge in [0.1, 0.15) is 11.3 Å². The van der Waals surface area contributed by atoms with Crippen molar-refractivity contribution in [3.05, 3.63) is 70.1 Å². The molecule has 0 spiro atoms. The van der Waals surface area contributed by atoms with E-state index in [4.69, 9.17) is 11.6 Å². The van der Waals surface area contributed by atoms with Gasteiger partial charge in [0.05, 0.1) is 11.9 Å². The number of hydrazone groups is 1. The lowest BCUT2D eigenvalue weighted by molar-refractivity contribution is 0.0948. The van der Waals surface area contributed by atoms with Gasteiger partial charge in [0.2, 0.25) is 0 Å². The van der Waals surface area contributed by atoms with Crippen molar-refractivity contribution >= 4 is 29.4 Å². The molecule has 0 atom stereocenters. The molecule has 6 heteroatoms. The van der Waals surface area contributed by atoms with E-state index in [2.05, 4.69) is 15.5 Å². The number of nitrogens with one attached hydrogen (secondary N) is 1. The molecule has 0 saturated heterocycles. The third-order valence-corrected chi connectivity index (χ3v) is 3.79. The molecule has 0 aliphatic rings. The monoisotopic (exact) mass is 326 g/mol. The summed E-state index contributed by atoms with van der Waals surface area (Å²) in [7, 11) is 0. The summed E-state index contributed by atoms with van der Waals surface area (Å²) in [6.45, 7) is 3.78. The Kier molecular flexibility index (Phi) is 4.12. The molecule has 2 aromatic heterocycles. The van der Waals surface area contributed by atoms with Crippen LogP contribution in [0, 0.1) is 13.8 Å². The highest BCUT2D eigenvalue weighted by Gasteiger charge is 2.15. The summed E-state index contributed by atoms with van der Waals surface area (Å²) in [4.78, 5) is 16.8. The van der Waals surface area contributed by atoms with Gasteiger partial charge >= 0.3 is 0 Å². The Morgan fingerprint density at radius 2 is 2.09 bits per heavy atom. The van der Waals surface area contributed by atoms with Crippen LogP contribution in [-0.4, -0.2) is 21.5 Å². The summed E-state index contributed by atoms with van der Waals surface area (Å²) in [5.41, 5.74) is 6.21. The first-order valence-electron chi connectivity index (χ1n) is 7.09. The second-order valence-electron chi connectivity index (χ2n) is 5.20. The summed E-state index contributed by atoms with van der Waals surface area (Å²) in [6.07, 6.45) is 3.35. The Balaban J connectivity index is 1.84. The molecule has 116 valence electrons. The molecule has 3 rings (SSSR count). The number of amides is 1. The number of hydrogen-bond donors (Lipinski definition) is 1. The minimum absolute atomic E-state index is 0.317. The maximum Gasteiger partial charge on any atom is 0.290 e. The second kappa shape index (κ2) is 6.22. The number of imidazole rings is 1. The highest BCUT2D eigenvalue weighted by Crippen LogP contribution is 2.14. The average Bonchev–Trinajstić information content (AvgIpc) is 2.84. The zero-order valence-corrected chi connectivity index (χ0v) is 13.5. The van der Waals surface area contributed by atoms with Gasteiger partial charge in [-0.05, 0) is 37.6 Å². The van der Waals surface area contributed by atoms with Crippen LogP contribution in [0.2, 0.25) is 5.02 Å². The van der Waals surface area contributed by atoms with E-state index in [9.17, 15) is 4.79 Å². The van der Waals surface area contributed by atoms with Gasteiger partial charge < -0.3 is 0 Å². The average molecular weight is 327 g/mol. The van der Waals surface area contributed by atoms with E-state index in [1.807, 2.05) is 43.5 Å². The number of pyridine rings is 1. The van der Waals surface area contributed by atoms with E-state index < -0.39 is 0 Å². The molecule has 2 heterocycles. The van der Waals surface area contributed by atoms with E-state index >= 15 is 0 Å². The number of carbonyl (C=O) groups is 1. The number of fused-ring (bicyclic) bond motifs is 1. The number of hydrogen-bond acceptors (Lipinski definition) is 3. The summed E-state index contributed by atoms with van der Waals surface area (Å²) < 4.78 is 1.75. The van der Waals surface area contributed by atoms with Crippen molar-refractivity contribution in [3.8, 4) is 0 Å². The molecule has 1 aromatic carbocycles. The van der Waals surface area contributed by atoms with E-state index in [-0.39, 0.29) is 5.91 Å². The molecule has 0 aliphatic carbocycles. The Morgan fingerprint density at radius 1 is 1.30 bits per heavy atom. The van der Waals surface area contributed by atoms with Gasteiger partial charge in [-0.15, -0.1) is 0 Å². The first-order valence-corrected chi connectivity index (χ1v) is 7.47. The van der Waals surface area contributed by atoms with Gasteiger partial charge in [-0.25, -0.2) is 10.4 Å². The zero-order chi connectivity index (χ0) is 16.4. The molecule has 5 nitrogen and oxygen atoms in total. The quantitative estimate of drug-likeness (QED) is 0.592. The van der Waals surface area contributed by atoms with E-state index in [0.29, 0.717) is 16.4 Å². The third kappa shape index (κ3) is 3.10. The Hall–Kier alpha value is -2.66. The minimum Gasteiger partial charge on any atom is -0.295 e. The van der Waals surface area contributed by atoms with Crippen LogP contribution in [0.1, 0.15) is 27.3 Å². The van der Waals surface area contributed by atoms with Crippen molar-refractivity contribution in [2.45, 2.75) is 13.8 Å². The lowest BCUT2D eigenvalue weighted by atomic mass is 10.2. The van der Waals surface area contributed by atoms with Crippen LogP contribution in [-0.2, 0) is 0 Å². The van der Waals surface area contributed by atoms with Crippen molar-refractivity contribution in [1.29, 1.82) is 0 Å². The predicted octanol–water partition coefficient (Wildman–Crippen LogP) is 3.37. The summed E-state index contributed by atoms with van der Waals surface area (Å²) in [5.74, 6) is -0.317. The molecule has 0 fully saturated rings. The molecular formula is C17H15ClN4O. The smallest absolute Gasteiger partial charge is 0.290 e. The molecule has 0 saturated carbocycles. The standard InChI is InChI=1S/C17H15ClN4O/c1-11-7-8-22-15(9-11)20-12(2)16(22)17(23)21-19-10-13-5-3-4-6-14(13)18/h3-10H,1-2H3,(H,21,23)/b19-10+. The van der Waals surface area contributed by atoms with Crippen molar-refractivity contribution < 1.29 is 4.79 Å². The summed E-state index contributed by atoms with van der Waals surface area (Å²) in [6, 6.07) is 11.1. The van der Waals surface area contributed by atoms with Crippen LogP contribution in [0.4, 0.5) is 0 Å². The summed E-state index contributed by atoms with van der Waals surface area (Å²) >= 11 is 6.04. The van der Waals surface area contributed by atoms with E-state index in [0.717, 1.165) is 16.8 Å². The molecule has 0 bridgehead atoms. The maximum absolute atomic E-state index is 12.4. The normalized spacial score (nSPS) is 11.3. The molecule has 0 unspecified atom stereocenters. The summed E-state index contributed by atoms with van der Waals surface area (Å²) in [5, 5.41) is 4.55. The number of aryl methyl sites for hydroxylation is 2. The van der Waals surface area contributed by atoms with Gasteiger partial charge in [0.15, 0.2) is 0 Å². The number of benzene rings is 1. The molecule has 0 aliphatic heterocycles. The molecule has 1 N–H and O–H groups in total. The Labute approximate surface area is 138 Å². The molecular weight excluding hydrogens is 312 g/mol. The second-order valence-corrected chi connectivity index (χ2v) is 5.61. The topological polar surface area (TPSA) is 58.8 Å². The fraction of sp³-hybridized carbons (Fsp3) is 0.118. The van der Waals surface area contributed by atoms with Gasteiger partial charge in [-0.1, -0.05) is 29.8 Å². The van der Waals surface area contributed by atoms with Crippen LogP contribution >= 0.6 is 11.6 Å². The number of nitrogens with zero attached hydrogens (tertiary/aromatic N) is 3. The Morgan fingerprint density at radius 3 is 2.87 bits per heavy atom. The van der Waals surface area contributed by atoms with Crippen LogP contribution < -0.4 is 5.43 Å². The van der Waals surface area contributed by atoms with Gasteiger partial charge in [0, 0.05) is 16.8 Å². The van der Waals surface area contributed by atoms with Crippen LogP contribution in [0.5, 0.6) is 0 Å². The minimum atomic E-state index is -0.317. The largest absolute Gasteiger partial charge is 0.295 e. The fourth-order valence-corrected chi connectivity index (χ4v) is 2.52. The number of aromatic nitrogens is 2. The van der Waals surface area contributed by atoms with E-state index in [1.165, 1.54) is 6.21 Å². The van der Waals surface area contributed by atoms with Gasteiger partial charge in [0.25, 0.3) is 5.91 Å². The fourth-order valence-electron chi connectivity index (χ4n) is 2.33. The highest BCUT2D eigenvalue weighted by molar-refractivity contribution is 6.33. The molecule has 23 heavy (non-hydrogen) atoms.